The Morgan fingerprint density at radius 1 is 1.30 bits per heavy atom. The fourth-order valence-electron chi connectivity index (χ4n) is 1.99. The van der Waals surface area contributed by atoms with Crippen molar-refractivity contribution < 1.29 is 27.5 Å². The van der Waals surface area contributed by atoms with Gasteiger partial charge in [-0.3, -0.25) is 4.79 Å². The van der Waals surface area contributed by atoms with E-state index < -0.39 is 36.6 Å². The van der Waals surface area contributed by atoms with Crippen molar-refractivity contribution >= 4 is 11.9 Å². The van der Waals surface area contributed by atoms with Crippen LogP contribution in [0.15, 0.2) is 30.3 Å². The first-order valence-electron chi connectivity index (χ1n) is 5.98. The number of ether oxygens (including phenoxy) is 1. The summed E-state index contributed by atoms with van der Waals surface area (Å²) >= 11 is 0. The summed E-state index contributed by atoms with van der Waals surface area (Å²) in [4.78, 5) is 23.2. The number of benzene rings is 1. The Hall–Kier alpha value is -2.05. The number of esters is 1. The molecule has 0 saturated carbocycles. The summed E-state index contributed by atoms with van der Waals surface area (Å²) in [5, 5.41) is 2.38. The largest absolute Gasteiger partial charge is 0.460 e. The molecule has 0 bridgehead atoms. The van der Waals surface area contributed by atoms with Gasteiger partial charge < -0.3 is 10.1 Å². The molecular formula is C13H12F3NO3. The van der Waals surface area contributed by atoms with E-state index in [1.807, 2.05) is 0 Å². The predicted octanol–water partition coefficient (Wildman–Crippen LogP) is 2.05. The number of amides is 1. The second-order valence-electron chi connectivity index (χ2n) is 4.51. The maximum atomic E-state index is 12.2. The van der Waals surface area contributed by atoms with Crippen LogP contribution in [0.3, 0.4) is 0 Å². The molecule has 1 fully saturated rings. The molecule has 0 aliphatic carbocycles. The van der Waals surface area contributed by atoms with Crippen molar-refractivity contribution in [2.24, 2.45) is 0 Å². The van der Waals surface area contributed by atoms with Gasteiger partial charge in [-0.15, -0.1) is 0 Å². The van der Waals surface area contributed by atoms with Gasteiger partial charge in [0, 0.05) is 12.0 Å². The number of hydrogen-bond acceptors (Lipinski definition) is 3. The smallest absolute Gasteiger partial charge is 0.392 e. The lowest BCUT2D eigenvalue weighted by atomic mass is 10.1. The highest BCUT2D eigenvalue weighted by atomic mass is 19.4. The summed E-state index contributed by atoms with van der Waals surface area (Å²) < 4.78 is 41.2. The molecule has 4 nitrogen and oxygen atoms in total. The van der Waals surface area contributed by atoms with Crippen LogP contribution in [0.1, 0.15) is 23.2 Å². The summed E-state index contributed by atoms with van der Waals surface area (Å²) in [6, 6.07) is 7.07. The van der Waals surface area contributed by atoms with Gasteiger partial charge in [-0.1, -0.05) is 18.2 Å². The third-order valence-electron chi connectivity index (χ3n) is 2.87. The molecule has 1 aliphatic heterocycles. The minimum absolute atomic E-state index is 0.170. The summed E-state index contributed by atoms with van der Waals surface area (Å²) in [6.45, 7) is 0. The van der Waals surface area contributed by atoms with E-state index in [0.29, 0.717) is 5.56 Å². The predicted molar refractivity (Wildman–Crippen MR) is 62.9 cm³/mol. The highest BCUT2D eigenvalue weighted by Gasteiger charge is 2.42. The third kappa shape index (κ3) is 3.72. The first kappa shape index (κ1) is 14.4. The topological polar surface area (TPSA) is 55.4 Å². The summed E-state index contributed by atoms with van der Waals surface area (Å²) in [5.74, 6) is -1.34. The summed E-state index contributed by atoms with van der Waals surface area (Å²) in [5.41, 5.74) is 0.333. The molecule has 2 rings (SSSR count). The summed E-state index contributed by atoms with van der Waals surface area (Å²) in [6.07, 6.45) is -7.00. The Labute approximate surface area is 112 Å². The Morgan fingerprint density at radius 3 is 2.55 bits per heavy atom. The molecule has 0 radical (unpaired) electrons. The van der Waals surface area contributed by atoms with Gasteiger partial charge >= 0.3 is 12.1 Å². The van der Waals surface area contributed by atoms with Gasteiger partial charge in [-0.05, 0) is 12.1 Å². The van der Waals surface area contributed by atoms with Crippen molar-refractivity contribution in [1.82, 2.24) is 5.32 Å². The van der Waals surface area contributed by atoms with Crippen molar-refractivity contribution in [2.75, 3.05) is 0 Å². The van der Waals surface area contributed by atoms with E-state index in [1.54, 1.807) is 30.3 Å². The highest BCUT2D eigenvalue weighted by molar-refractivity contribution is 5.97. The first-order chi connectivity index (χ1) is 9.35. The van der Waals surface area contributed by atoms with Crippen LogP contribution < -0.4 is 5.32 Å². The lowest BCUT2D eigenvalue weighted by molar-refractivity contribution is -0.163. The maximum absolute atomic E-state index is 12.2. The molecule has 1 aromatic carbocycles. The molecule has 108 valence electrons. The van der Waals surface area contributed by atoms with Gasteiger partial charge in [0.1, 0.15) is 12.1 Å². The quantitative estimate of drug-likeness (QED) is 0.866. The molecule has 1 aromatic rings. The Kier molecular flexibility index (Phi) is 3.96. The molecule has 1 amide bonds. The minimum Gasteiger partial charge on any atom is -0.460 e. The van der Waals surface area contributed by atoms with Crippen molar-refractivity contribution in [3.05, 3.63) is 35.9 Å². The van der Waals surface area contributed by atoms with Crippen LogP contribution in [0.25, 0.3) is 0 Å². The minimum atomic E-state index is -4.40. The number of carbonyl (C=O) groups excluding carboxylic acids is 2. The van der Waals surface area contributed by atoms with E-state index in [9.17, 15) is 22.8 Å². The van der Waals surface area contributed by atoms with Gasteiger partial charge in [0.2, 0.25) is 0 Å². The molecular weight excluding hydrogens is 275 g/mol. The van der Waals surface area contributed by atoms with Crippen molar-refractivity contribution in [2.45, 2.75) is 31.2 Å². The lowest BCUT2D eigenvalue weighted by Crippen LogP contribution is -2.38. The molecule has 1 N–H and O–H groups in total. The number of alkyl halides is 3. The first-order valence-corrected chi connectivity index (χ1v) is 5.98. The third-order valence-corrected chi connectivity index (χ3v) is 2.87. The van der Waals surface area contributed by atoms with Crippen LogP contribution in [0.2, 0.25) is 0 Å². The van der Waals surface area contributed by atoms with Crippen molar-refractivity contribution in [3.8, 4) is 0 Å². The monoisotopic (exact) mass is 287 g/mol. The van der Waals surface area contributed by atoms with Crippen LogP contribution in [0, 0.1) is 0 Å². The molecule has 20 heavy (non-hydrogen) atoms. The van der Waals surface area contributed by atoms with E-state index in [1.165, 1.54) is 0 Å². The van der Waals surface area contributed by atoms with Crippen LogP contribution >= 0.6 is 0 Å². The zero-order chi connectivity index (χ0) is 14.8. The molecule has 1 heterocycles. The van der Waals surface area contributed by atoms with E-state index in [-0.39, 0.29) is 6.42 Å². The number of carbonyl (C=O) groups is 2. The Bertz CT molecular complexity index is 501. The number of halogens is 3. The zero-order valence-corrected chi connectivity index (χ0v) is 10.3. The van der Waals surface area contributed by atoms with Crippen molar-refractivity contribution in [3.63, 3.8) is 0 Å². The number of cyclic esters (lactones) is 1. The van der Waals surface area contributed by atoms with Gasteiger partial charge in [0.05, 0.1) is 6.42 Å². The number of hydrogen-bond donors (Lipinski definition) is 1. The van der Waals surface area contributed by atoms with Crippen LogP contribution in [-0.2, 0) is 9.53 Å². The molecule has 7 heteroatoms. The van der Waals surface area contributed by atoms with E-state index >= 15 is 0 Å². The maximum Gasteiger partial charge on any atom is 0.392 e. The van der Waals surface area contributed by atoms with E-state index in [2.05, 4.69) is 10.1 Å². The summed E-state index contributed by atoms with van der Waals surface area (Å²) in [7, 11) is 0. The average molecular weight is 287 g/mol. The van der Waals surface area contributed by atoms with Crippen LogP contribution in [0.4, 0.5) is 13.2 Å². The van der Waals surface area contributed by atoms with Crippen LogP contribution in [0.5, 0.6) is 0 Å². The van der Waals surface area contributed by atoms with Gasteiger partial charge in [0.25, 0.3) is 5.91 Å². The van der Waals surface area contributed by atoms with Crippen molar-refractivity contribution in [1.29, 1.82) is 0 Å². The SMILES string of the molecule is O=C(NC1CC(CC(F)(F)F)OC1=O)c1ccccc1. The number of nitrogens with one attached hydrogen (secondary N) is 1. The lowest BCUT2D eigenvalue weighted by Gasteiger charge is -2.11. The Morgan fingerprint density at radius 2 is 1.95 bits per heavy atom. The fraction of sp³-hybridized carbons (Fsp3) is 0.385. The second kappa shape index (κ2) is 5.52. The highest BCUT2D eigenvalue weighted by Crippen LogP contribution is 2.28. The molecule has 0 spiro atoms. The molecule has 2 atom stereocenters. The van der Waals surface area contributed by atoms with E-state index in [0.717, 1.165) is 0 Å². The number of rotatable bonds is 3. The zero-order valence-electron chi connectivity index (χ0n) is 10.3. The van der Waals surface area contributed by atoms with Gasteiger partial charge in [0.15, 0.2) is 0 Å². The molecule has 0 aromatic heterocycles. The second-order valence-corrected chi connectivity index (χ2v) is 4.51. The average Bonchev–Trinajstić information content (AvgIpc) is 2.68. The molecule has 1 aliphatic rings. The fourth-order valence-corrected chi connectivity index (χ4v) is 1.99. The molecule has 2 unspecified atom stereocenters. The normalized spacial score (nSPS) is 22.4. The van der Waals surface area contributed by atoms with Gasteiger partial charge in [-0.25, -0.2) is 4.79 Å². The Balaban J connectivity index is 1.94. The molecule has 1 saturated heterocycles. The van der Waals surface area contributed by atoms with E-state index in [4.69, 9.17) is 0 Å². The van der Waals surface area contributed by atoms with Gasteiger partial charge in [-0.2, -0.15) is 13.2 Å². The van der Waals surface area contributed by atoms with Crippen LogP contribution in [-0.4, -0.2) is 30.2 Å². The standard InChI is InChI=1S/C13H12F3NO3/c14-13(15,16)7-9-6-10(12(19)20-9)17-11(18)8-4-2-1-3-5-8/h1-5,9-10H,6-7H2,(H,17,18).